The van der Waals surface area contributed by atoms with Crippen molar-refractivity contribution in [2.24, 2.45) is 0 Å². The second-order valence-corrected chi connectivity index (χ2v) is 7.59. The van der Waals surface area contributed by atoms with E-state index in [2.05, 4.69) is 30.4 Å². The molecule has 164 valence electrons. The molecule has 0 atom stereocenters. The molecule has 0 aliphatic rings. The molecule has 33 heavy (non-hydrogen) atoms. The summed E-state index contributed by atoms with van der Waals surface area (Å²) in [5.41, 5.74) is 3.62. The highest BCUT2D eigenvalue weighted by Gasteiger charge is 2.17. The molecular formula is C23H18ClN7O2. The first-order chi connectivity index (χ1) is 16.1. The highest BCUT2D eigenvalue weighted by Crippen LogP contribution is 2.25. The van der Waals surface area contributed by atoms with E-state index in [1.165, 1.54) is 12.4 Å². The van der Waals surface area contributed by atoms with Crippen molar-refractivity contribution in [2.45, 2.75) is 6.54 Å². The van der Waals surface area contributed by atoms with Gasteiger partial charge in [0.25, 0.3) is 5.91 Å². The summed E-state index contributed by atoms with van der Waals surface area (Å²) in [6, 6.07) is 17.2. The number of ether oxygens (including phenoxy) is 1. The number of amides is 1. The number of hydrogen-bond acceptors (Lipinski definition) is 6. The Morgan fingerprint density at radius 2 is 1.94 bits per heavy atom. The Balaban J connectivity index is 1.50. The lowest BCUT2D eigenvalue weighted by molar-refractivity contribution is 0.102. The maximum absolute atomic E-state index is 12.6. The lowest BCUT2D eigenvalue weighted by Gasteiger charge is -2.07. The van der Waals surface area contributed by atoms with Gasteiger partial charge in [-0.1, -0.05) is 35.9 Å². The quantitative estimate of drug-likeness (QED) is 0.394. The summed E-state index contributed by atoms with van der Waals surface area (Å²) in [6.07, 6.45) is 2.63. The summed E-state index contributed by atoms with van der Waals surface area (Å²) in [6.45, 7) is 0.465. The van der Waals surface area contributed by atoms with E-state index in [9.17, 15) is 4.79 Å². The number of hydrogen-bond donors (Lipinski definition) is 2. The predicted octanol–water partition coefficient (Wildman–Crippen LogP) is 4.18. The van der Waals surface area contributed by atoms with Gasteiger partial charge in [-0.25, -0.2) is 15.0 Å². The first kappa shape index (κ1) is 20.7. The van der Waals surface area contributed by atoms with Gasteiger partial charge in [0.05, 0.1) is 37.1 Å². The van der Waals surface area contributed by atoms with Crippen LogP contribution in [0.25, 0.3) is 22.6 Å². The number of carbonyl (C=O) groups excluding carboxylic acids is 1. The van der Waals surface area contributed by atoms with Crippen molar-refractivity contribution in [1.82, 2.24) is 29.7 Å². The van der Waals surface area contributed by atoms with Gasteiger partial charge in [-0.15, -0.1) is 0 Å². The Morgan fingerprint density at radius 1 is 1.12 bits per heavy atom. The molecule has 10 heteroatoms. The van der Waals surface area contributed by atoms with Crippen molar-refractivity contribution in [2.75, 3.05) is 12.4 Å². The number of anilines is 1. The van der Waals surface area contributed by atoms with Gasteiger partial charge in [-0.3, -0.25) is 9.48 Å². The fourth-order valence-electron chi connectivity index (χ4n) is 3.38. The molecule has 5 rings (SSSR count). The van der Waals surface area contributed by atoms with Crippen LogP contribution in [0.3, 0.4) is 0 Å². The number of methoxy groups -OCH3 is 1. The van der Waals surface area contributed by atoms with E-state index in [4.69, 9.17) is 16.3 Å². The maximum atomic E-state index is 12.6. The number of nitrogens with one attached hydrogen (secondary N) is 2. The van der Waals surface area contributed by atoms with Gasteiger partial charge >= 0.3 is 0 Å². The van der Waals surface area contributed by atoms with Crippen molar-refractivity contribution in [3.8, 4) is 17.3 Å². The van der Waals surface area contributed by atoms with Gasteiger partial charge in [0.1, 0.15) is 22.3 Å². The third-order valence-electron chi connectivity index (χ3n) is 5.00. The number of nitrogens with zero attached hydrogens (tertiary/aromatic N) is 5. The van der Waals surface area contributed by atoms with Crippen LogP contribution in [0, 0.1) is 0 Å². The molecule has 1 amide bonds. The maximum Gasteiger partial charge on any atom is 0.277 e. The van der Waals surface area contributed by atoms with Crippen LogP contribution in [0.15, 0.2) is 67.0 Å². The normalized spacial score (nSPS) is 11.0. The third-order valence-corrected chi connectivity index (χ3v) is 5.19. The molecule has 0 bridgehead atoms. The Hall–Kier alpha value is -4.24. The number of aromatic nitrogens is 6. The third kappa shape index (κ3) is 4.39. The zero-order valence-electron chi connectivity index (χ0n) is 17.5. The van der Waals surface area contributed by atoms with Crippen LogP contribution in [0.5, 0.6) is 5.75 Å². The summed E-state index contributed by atoms with van der Waals surface area (Å²) >= 11 is 5.76. The van der Waals surface area contributed by atoms with Crippen LogP contribution >= 0.6 is 11.6 Å². The van der Waals surface area contributed by atoms with E-state index in [0.717, 1.165) is 28.0 Å². The monoisotopic (exact) mass is 459 g/mol. The Labute approximate surface area is 193 Å². The molecule has 0 aliphatic carbocycles. The second kappa shape index (κ2) is 8.71. The van der Waals surface area contributed by atoms with E-state index < -0.39 is 5.91 Å². The van der Waals surface area contributed by atoms with E-state index in [-0.39, 0.29) is 10.8 Å². The summed E-state index contributed by atoms with van der Waals surface area (Å²) in [5.74, 6) is 1.34. The summed E-state index contributed by atoms with van der Waals surface area (Å²) < 4.78 is 7.02. The number of aromatic amines is 1. The van der Waals surface area contributed by atoms with Crippen molar-refractivity contribution < 1.29 is 9.53 Å². The number of fused-ring (bicyclic) bond motifs is 1. The van der Waals surface area contributed by atoms with E-state index >= 15 is 0 Å². The van der Waals surface area contributed by atoms with Crippen LogP contribution in [-0.2, 0) is 6.54 Å². The average molecular weight is 460 g/mol. The zero-order valence-corrected chi connectivity index (χ0v) is 18.2. The first-order valence-electron chi connectivity index (χ1n) is 10.0. The number of rotatable bonds is 6. The summed E-state index contributed by atoms with van der Waals surface area (Å²) in [5, 5.41) is 7.58. The molecule has 9 nitrogen and oxygen atoms in total. The average Bonchev–Trinajstić information content (AvgIpc) is 3.43. The van der Waals surface area contributed by atoms with Crippen molar-refractivity contribution in [1.29, 1.82) is 0 Å². The molecule has 5 aromatic rings. The Morgan fingerprint density at radius 3 is 2.67 bits per heavy atom. The smallest absolute Gasteiger partial charge is 0.277 e. The van der Waals surface area contributed by atoms with Crippen LogP contribution in [0.4, 0.5) is 5.82 Å². The zero-order chi connectivity index (χ0) is 22.8. The summed E-state index contributed by atoms with van der Waals surface area (Å²) in [7, 11) is 1.63. The fourth-order valence-corrected chi connectivity index (χ4v) is 3.47. The molecule has 0 fully saturated rings. The minimum absolute atomic E-state index is 0.134. The SMILES string of the molecule is COc1ccc(Cn2nc(NC(=O)c3cnc(Cl)cn3)cc2-c2nc3ccccc3[nH]2)cc1. The Bertz CT molecular complexity index is 1390. The second-order valence-electron chi connectivity index (χ2n) is 7.20. The molecule has 0 saturated carbocycles. The molecule has 2 N–H and O–H groups in total. The fraction of sp³-hybridized carbons (Fsp3) is 0.0870. The number of halogens is 1. The molecule has 0 unspecified atom stereocenters. The predicted molar refractivity (Wildman–Crippen MR) is 124 cm³/mol. The number of benzene rings is 2. The van der Waals surface area contributed by atoms with Gasteiger partial charge in [0, 0.05) is 6.07 Å². The number of imidazole rings is 1. The van der Waals surface area contributed by atoms with Crippen LogP contribution < -0.4 is 10.1 Å². The highest BCUT2D eigenvalue weighted by molar-refractivity contribution is 6.29. The van der Waals surface area contributed by atoms with Crippen LogP contribution in [0.2, 0.25) is 5.15 Å². The van der Waals surface area contributed by atoms with Crippen LogP contribution in [0.1, 0.15) is 16.1 Å². The lowest BCUT2D eigenvalue weighted by Crippen LogP contribution is -2.14. The van der Waals surface area contributed by atoms with E-state index in [1.807, 2.05) is 48.5 Å². The number of carbonyl (C=O) groups is 1. The van der Waals surface area contributed by atoms with E-state index in [0.29, 0.717) is 18.2 Å². The van der Waals surface area contributed by atoms with Gasteiger partial charge in [-0.05, 0) is 29.8 Å². The van der Waals surface area contributed by atoms with Gasteiger partial charge in [0.15, 0.2) is 11.6 Å². The van der Waals surface area contributed by atoms with Crippen molar-refractivity contribution in [3.63, 3.8) is 0 Å². The molecule has 0 radical (unpaired) electrons. The van der Waals surface area contributed by atoms with Gasteiger partial charge in [-0.2, -0.15) is 5.10 Å². The Kier molecular flexibility index (Phi) is 5.45. The lowest BCUT2D eigenvalue weighted by atomic mass is 10.2. The molecule has 0 saturated heterocycles. The van der Waals surface area contributed by atoms with Crippen molar-refractivity contribution >= 4 is 34.4 Å². The standard InChI is InChI=1S/C23H18ClN7O2/c1-33-15-8-6-14(7-9-15)13-31-19(22-27-16-4-2-3-5-17(16)28-22)10-21(30-31)29-23(32)18-11-26-20(24)12-25-18/h2-12H,13H2,1H3,(H,27,28)(H,29,30,32). The minimum Gasteiger partial charge on any atom is -0.497 e. The number of H-pyrrole nitrogens is 1. The summed E-state index contributed by atoms with van der Waals surface area (Å²) in [4.78, 5) is 28.5. The van der Waals surface area contributed by atoms with Crippen molar-refractivity contribution in [3.05, 3.63) is 83.4 Å². The molecule has 0 spiro atoms. The van der Waals surface area contributed by atoms with E-state index in [1.54, 1.807) is 17.9 Å². The minimum atomic E-state index is -0.440. The molecule has 0 aliphatic heterocycles. The molecule has 3 heterocycles. The molecular weight excluding hydrogens is 442 g/mol. The first-order valence-corrected chi connectivity index (χ1v) is 10.4. The molecule has 2 aromatic carbocycles. The van der Waals surface area contributed by atoms with Gasteiger partial charge in [0.2, 0.25) is 0 Å². The van der Waals surface area contributed by atoms with Crippen LogP contribution in [-0.4, -0.2) is 42.7 Å². The largest absolute Gasteiger partial charge is 0.497 e. The number of para-hydroxylation sites is 2. The highest BCUT2D eigenvalue weighted by atomic mass is 35.5. The van der Waals surface area contributed by atoms with Gasteiger partial charge < -0.3 is 15.0 Å². The molecule has 3 aromatic heterocycles. The topological polar surface area (TPSA) is 111 Å².